The van der Waals surface area contributed by atoms with Crippen LogP contribution in [0.25, 0.3) is 0 Å². The van der Waals surface area contributed by atoms with Crippen molar-refractivity contribution in [2.45, 2.75) is 50.6 Å². The third kappa shape index (κ3) is 4.39. The summed E-state index contributed by atoms with van der Waals surface area (Å²) in [6.07, 6.45) is 7.09. The normalized spacial score (nSPS) is 21.4. The molecule has 5 rings (SSSR count). The molecule has 2 aromatic carbocycles. The smallest absolute Gasteiger partial charge is 0.241 e. The number of nitrogens with zero attached hydrogens (tertiary/aromatic N) is 3. The summed E-state index contributed by atoms with van der Waals surface area (Å²) in [5.41, 5.74) is 3.83. The number of carbonyl (C=O) groups excluding carboxylic acids is 1. The second-order valence-corrected chi connectivity index (χ2v) is 9.93. The Morgan fingerprint density at radius 2 is 1.55 bits per heavy atom. The quantitative estimate of drug-likeness (QED) is 0.690. The number of hydrogen-bond donors (Lipinski definition) is 0. The van der Waals surface area contributed by atoms with Crippen molar-refractivity contribution >= 4 is 23.2 Å². The summed E-state index contributed by atoms with van der Waals surface area (Å²) >= 11 is 6.01. The number of anilines is 1. The fraction of sp³-hybridized carbons (Fsp3) is 0.500. The first kappa shape index (κ1) is 21.0. The monoisotopic (exact) mass is 437 g/mol. The van der Waals surface area contributed by atoms with Gasteiger partial charge >= 0.3 is 0 Å². The fourth-order valence-electron chi connectivity index (χ4n) is 5.79. The second kappa shape index (κ2) is 8.93. The van der Waals surface area contributed by atoms with Crippen molar-refractivity contribution in [3.05, 3.63) is 64.7 Å². The molecular formula is C26H32ClN3O. The summed E-state index contributed by atoms with van der Waals surface area (Å²) in [7, 11) is 0. The number of hydrogen-bond acceptors (Lipinski definition) is 3. The van der Waals surface area contributed by atoms with Crippen molar-refractivity contribution in [2.24, 2.45) is 0 Å². The molecule has 1 saturated heterocycles. The Morgan fingerprint density at radius 1 is 0.871 bits per heavy atom. The highest BCUT2D eigenvalue weighted by Gasteiger charge is 2.47. The summed E-state index contributed by atoms with van der Waals surface area (Å²) < 4.78 is 0. The molecule has 1 aliphatic carbocycles. The van der Waals surface area contributed by atoms with Crippen LogP contribution in [0.5, 0.6) is 0 Å². The number of carbonyl (C=O) groups is 1. The lowest BCUT2D eigenvalue weighted by molar-refractivity contribution is -0.121. The van der Waals surface area contributed by atoms with E-state index in [0.717, 1.165) is 62.7 Å². The molecular weight excluding hydrogens is 406 g/mol. The van der Waals surface area contributed by atoms with Crippen LogP contribution in [0, 0.1) is 0 Å². The zero-order chi connectivity index (χ0) is 21.3. The van der Waals surface area contributed by atoms with E-state index in [1.165, 1.54) is 30.4 Å². The number of fused-ring (bicyclic) bond motifs is 1. The predicted molar refractivity (Wildman–Crippen MR) is 127 cm³/mol. The highest BCUT2D eigenvalue weighted by Crippen LogP contribution is 2.46. The summed E-state index contributed by atoms with van der Waals surface area (Å²) in [5, 5.41) is 0.784. The van der Waals surface area contributed by atoms with E-state index in [9.17, 15) is 4.79 Å². The molecule has 1 amide bonds. The first-order valence-electron chi connectivity index (χ1n) is 11.7. The molecule has 2 aromatic rings. The van der Waals surface area contributed by atoms with Gasteiger partial charge in [0.1, 0.15) is 0 Å². The van der Waals surface area contributed by atoms with Gasteiger partial charge in [-0.05, 0) is 48.6 Å². The molecule has 0 aromatic heterocycles. The van der Waals surface area contributed by atoms with Gasteiger partial charge in [-0.2, -0.15) is 0 Å². The topological polar surface area (TPSA) is 26.8 Å². The van der Waals surface area contributed by atoms with Crippen LogP contribution in [0.2, 0.25) is 5.02 Å². The van der Waals surface area contributed by atoms with Crippen LogP contribution in [0.1, 0.15) is 43.2 Å². The maximum absolute atomic E-state index is 13.6. The molecule has 31 heavy (non-hydrogen) atoms. The standard InChI is InChI=1S/C26H32ClN3O/c27-23-10-8-21(9-11-23)19-28-14-16-29(17-15-28)20-25(31)30-24-7-3-2-6-22(24)18-26(30)12-4-1-5-13-26/h2-3,6-11H,1,4-5,12-20H2. The van der Waals surface area contributed by atoms with Crippen LogP contribution in [-0.4, -0.2) is 54.0 Å². The number of para-hydroxylation sites is 1. The van der Waals surface area contributed by atoms with E-state index in [4.69, 9.17) is 11.6 Å². The third-order valence-electron chi connectivity index (χ3n) is 7.40. The Balaban J connectivity index is 1.22. The van der Waals surface area contributed by atoms with Crippen LogP contribution < -0.4 is 4.90 Å². The molecule has 5 heteroatoms. The molecule has 3 aliphatic rings. The van der Waals surface area contributed by atoms with Crippen molar-refractivity contribution in [1.82, 2.24) is 9.80 Å². The van der Waals surface area contributed by atoms with Gasteiger partial charge in [0.05, 0.1) is 12.1 Å². The van der Waals surface area contributed by atoms with Gasteiger partial charge in [-0.3, -0.25) is 14.6 Å². The second-order valence-electron chi connectivity index (χ2n) is 9.50. The Labute approximate surface area is 190 Å². The summed E-state index contributed by atoms with van der Waals surface area (Å²) in [4.78, 5) is 20.6. The largest absolute Gasteiger partial charge is 0.305 e. The van der Waals surface area contributed by atoms with Crippen molar-refractivity contribution in [1.29, 1.82) is 0 Å². The highest BCUT2D eigenvalue weighted by molar-refractivity contribution is 6.30. The van der Waals surface area contributed by atoms with E-state index in [2.05, 4.69) is 51.1 Å². The molecule has 0 atom stereocenters. The lowest BCUT2D eigenvalue weighted by atomic mass is 9.79. The minimum Gasteiger partial charge on any atom is -0.305 e. The minimum absolute atomic E-state index is 0.0232. The van der Waals surface area contributed by atoms with E-state index >= 15 is 0 Å². The average molecular weight is 438 g/mol. The van der Waals surface area contributed by atoms with Crippen LogP contribution in [0.15, 0.2) is 48.5 Å². The van der Waals surface area contributed by atoms with Crippen molar-refractivity contribution in [2.75, 3.05) is 37.6 Å². The van der Waals surface area contributed by atoms with Crippen molar-refractivity contribution in [3.8, 4) is 0 Å². The Kier molecular flexibility index (Phi) is 6.05. The first-order chi connectivity index (χ1) is 15.1. The van der Waals surface area contributed by atoms with Gasteiger partial charge in [-0.25, -0.2) is 0 Å². The van der Waals surface area contributed by atoms with Gasteiger partial charge in [0.15, 0.2) is 0 Å². The van der Waals surface area contributed by atoms with Gasteiger partial charge in [0.25, 0.3) is 0 Å². The maximum atomic E-state index is 13.6. The maximum Gasteiger partial charge on any atom is 0.241 e. The van der Waals surface area contributed by atoms with Gasteiger partial charge in [-0.15, -0.1) is 0 Å². The lowest BCUT2D eigenvalue weighted by Gasteiger charge is -2.43. The fourth-order valence-corrected chi connectivity index (χ4v) is 5.92. The van der Waals surface area contributed by atoms with Crippen molar-refractivity contribution in [3.63, 3.8) is 0 Å². The van der Waals surface area contributed by atoms with Crippen LogP contribution in [-0.2, 0) is 17.8 Å². The van der Waals surface area contributed by atoms with E-state index in [-0.39, 0.29) is 11.4 Å². The molecule has 2 fully saturated rings. The number of amides is 1. The van der Waals surface area contributed by atoms with Gasteiger partial charge < -0.3 is 4.90 Å². The zero-order valence-electron chi connectivity index (χ0n) is 18.2. The molecule has 4 nitrogen and oxygen atoms in total. The number of halogens is 1. The third-order valence-corrected chi connectivity index (χ3v) is 7.66. The molecule has 0 radical (unpaired) electrons. The van der Waals surface area contributed by atoms with Crippen LogP contribution in [0.4, 0.5) is 5.69 Å². The minimum atomic E-state index is 0.0232. The van der Waals surface area contributed by atoms with E-state index in [0.29, 0.717) is 6.54 Å². The number of benzene rings is 2. The summed E-state index contributed by atoms with van der Waals surface area (Å²) in [6, 6.07) is 16.7. The SMILES string of the molecule is O=C(CN1CCN(Cc2ccc(Cl)cc2)CC1)N1c2ccccc2CC12CCCCC2. The van der Waals surface area contributed by atoms with Gasteiger partial charge in [0.2, 0.25) is 5.91 Å². The zero-order valence-corrected chi connectivity index (χ0v) is 19.0. The molecule has 0 unspecified atom stereocenters. The first-order valence-corrected chi connectivity index (χ1v) is 12.1. The van der Waals surface area contributed by atoms with Crippen LogP contribution in [0.3, 0.4) is 0 Å². The molecule has 1 spiro atoms. The molecule has 2 aliphatic heterocycles. The molecule has 0 bridgehead atoms. The Morgan fingerprint density at radius 3 is 2.29 bits per heavy atom. The Hall–Kier alpha value is -1.88. The number of rotatable bonds is 4. The molecule has 0 N–H and O–H groups in total. The van der Waals surface area contributed by atoms with Crippen molar-refractivity contribution < 1.29 is 4.79 Å². The Bertz CT molecular complexity index is 915. The van der Waals surface area contributed by atoms with E-state index in [1.54, 1.807) is 0 Å². The number of piperazine rings is 1. The highest BCUT2D eigenvalue weighted by atomic mass is 35.5. The predicted octanol–water partition coefficient (Wildman–Crippen LogP) is 4.75. The molecule has 1 saturated carbocycles. The van der Waals surface area contributed by atoms with Crippen LogP contribution >= 0.6 is 11.6 Å². The van der Waals surface area contributed by atoms with E-state index < -0.39 is 0 Å². The summed E-state index contributed by atoms with van der Waals surface area (Å²) in [6.45, 7) is 5.37. The average Bonchev–Trinajstić information content (AvgIpc) is 3.10. The van der Waals surface area contributed by atoms with Gasteiger partial charge in [0, 0.05) is 43.4 Å². The molecule has 2 heterocycles. The molecule has 164 valence electrons. The lowest BCUT2D eigenvalue weighted by Crippen LogP contribution is -2.55. The summed E-state index contributed by atoms with van der Waals surface area (Å²) in [5.74, 6) is 0.290. The van der Waals surface area contributed by atoms with E-state index in [1.807, 2.05) is 12.1 Å². The van der Waals surface area contributed by atoms with Gasteiger partial charge in [-0.1, -0.05) is 61.2 Å².